The van der Waals surface area contributed by atoms with Crippen molar-refractivity contribution in [1.29, 1.82) is 0 Å². The van der Waals surface area contributed by atoms with E-state index in [1.54, 1.807) is 42.9 Å². The van der Waals surface area contributed by atoms with E-state index in [1.807, 2.05) is 16.8 Å². The second-order valence-corrected chi connectivity index (χ2v) is 5.50. The molecule has 1 amide bonds. The van der Waals surface area contributed by atoms with Crippen molar-refractivity contribution in [1.82, 2.24) is 14.9 Å². The van der Waals surface area contributed by atoms with Crippen LogP contribution in [0.25, 0.3) is 0 Å². The zero-order chi connectivity index (χ0) is 17.5. The van der Waals surface area contributed by atoms with E-state index >= 15 is 0 Å². The Kier molecular flexibility index (Phi) is 5.41. The Morgan fingerprint density at radius 3 is 2.88 bits per heavy atom. The quantitative estimate of drug-likeness (QED) is 0.720. The molecule has 0 radical (unpaired) electrons. The van der Waals surface area contributed by atoms with Gasteiger partial charge in [0, 0.05) is 37.1 Å². The molecular formula is C19H18FN3O2. The fraction of sp³-hybridized carbons (Fsp3) is 0.158. The van der Waals surface area contributed by atoms with Crippen LogP contribution >= 0.6 is 0 Å². The minimum Gasteiger partial charge on any atom is -0.489 e. The van der Waals surface area contributed by atoms with Crippen LogP contribution in [-0.4, -0.2) is 22.0 Å². The minimum atomic E-state index is -0.344. The standard InChI is InChI=1S/C19H18FN3O2/c20-17-5-2-6-18(12-17)25-13-15-3-1-4-16(11-15)19(24)22-8-10-23-9-7-21-14-23/h1-7,9,11-12,14H,8,10,13H2,(H,22,24). The number of amides is 1. The molecule has 0 fully saturated rings. The third-order valence-corrected chi connectivity index (χ3v) is 3.61. The van der Waals surface area contributed by atoms with Crippen LogP contribution in [0.4, 0.5) is 4.39 Å². The number of nitrogens with one attached hydrogen (secondary N) is 1. The minimum absolute atomic E-state index is 0.146. The summed E-state index contributed by atoms with van der Waals surface area (Å²) in [5, 5.41) is 2.87. The second-order valence-electron chi connectivity index (χ2n) is 5.50. The number of benzene rings is 2. The number of carbonyl (C=O) groups excluding carboxylic acids is 1. The molecule has 2 aromatic carbocycles. The van der Waals surface area contributed by atoms with Crippen LogP contribution in [-0.2, 0) is 13.2 Å². The molecule has 0 aliphatic heterocycles. The number of rotatable bonds is 7. The Labute approximate surface area is 145 Å². The molecule has 3 aromatic rings. The second kappa shape index (κ2) is 8.10. The van der Waals surface area contributed by atoms with Crippen LogP contribution in [0, 0.1) is 5.82 Å². The van der Waals surface area contributed by atoms with Gasteiger partial charge in [-0.25, -0.2) is 9.37 Å². The van der Waals surface area contributed by atoms with E-state index in [0.29, 0.717) is 24.4 Å². The van der Waals surface area contributed by atoms with Gasteiger partial charge in [0.15, 0.2) is 0 Å². The molecule has 128 valence electrons. The van der Waals surface area contributed by atoms with E-state index in [0.717, 1.165) is 5.56 Å². The molecule has 0 aliphatic carbocycles. The lowest BCUT2D eigenvalue weighted by atomic mass is 10.1. The van der Waals surface area contributed by atoms with Gasteiger partial charge < -0.3 is 14.6 Å². The summed E-state index contributed by atoms with van der Waals surface area (Å²) in [6, 6.07) is 13.2. The van der Waals surface area contributed by atoms with Gasteiger partial charge in [-0.2, -0.15) is 0 Å². The van der Waals surface area contributed by atoms with Crippen molar-refractivity contribution in [2.45, 2.75) is 13.2 Å². The van der Waals surface area contributed by atoms with Crippen molar-refractivity contribution in [2.75, 3.05) is 6.54 Å². The Bertz CT molecular complexity index is 834. The zero-order valence-corrected chi connectivity index (χ0v) is 13.6. The van der Waals surface area contributed by atoms with Crippen LogP contribution in [0.3, 0.4) is 0 Å². The van der Waals surface area contributed by atoms with Gasteiger partial charge >= 0.3 is 0 Å². The maximum Gasteiger partial charge on any atom is 0.251 e. The lowest BCUT2D eigenvalue weighted by Crippen LogP contribution is -2.27. The number of halogens is 1. The van der Waals surface area contributed by atoms with Gasteiger partial charge in [0.2, 0.25) is 0 Å². The molecule has 5 nitrogen and oxygen atoms in total. The van der Waals surface area contributed by atoms with Crippen LogP contribution in [0.5, 0.6) is 5.75 Å². The van der Waals surface area contributed by atoms with Crippen molar-refractivity contribution in [2.24, 2.45) is 0 Å². The summed E-state index contributed by atoms with van der Waals surface area (Å²) in [5.74, 6) is -0.0357. The molecule has 0 saturated heterocycles. The summed E-state index contributed by atoms with van der Waals surface area (Å²) in [6.07, 6.45) is 5.25. The number of imidazole rings is 1. The van der Waals surface area contributed by atoms with E-state index in [1.165, 1.54) is 12.1 Å². The van der Waals surface area contributed by atoms with Gasteiger partial charge in [-0.05, 0) is 29.8 Å². The van der Waals surface area contributed by atoms with Gasteiger partial charge in [0.25, 0.3) is 5.91 Å². The first-order valence-electron chi connectivity index (χ1n) is 7.92. The number of ether oxygens (including phenoxy) is 1. The molecule has 6 heteroatoms. The number of hydrogen-bond donors (Lipinski definition) is 1. The molecule has 0 bridgehead atoms. The molecule has 0 unspecified atom stereocenters. The van der Waals surface area contributed by atoms with Gasteiger partial charge in [-0.1, -0.05) is 18.2 Å². The Balaban J connectivity index is 1.54. The zero-order valence-electron chi connectivity index (χ0n) is 13.6. The van der Waals surface area contributed by atoms with Crippen LogP contribution in [0.15, 0.2) is 67.3 Å². The van der Waals surface area contributed by atoms with Crippen molar-refractivity contribution < 1.29 is 13.9 Å². The fourth-order valence-electron chi connectivity index (χ4n) is 2.35. The Hall–Kier alpha value is -3.15. The summed E-state index contributed by atoms with van der Waals surface area (Å²) >= 11 is 0. The monoisotopic (exact) mass is 339 g/mol. The van der Waals surface area contributed by atoms with E-state index < -0.39 is 0 Å². The number of aromatic nitrogens is 2. The highest BCUT2D eigenvalue weighted by molar-refractivity contribution is 5.94. The lowest BCUT2D eigenvalue weighted by molar-refractivity contribution is 0.0952. The first kappa shape index (κ1) is 16.7. The maximum atomic E-state index is 13.1. The van der Waals surface area contributed by atoms with Gasteiger partial charge in [0.1, 0.15) is 18.2 Å². The van der Waals surface area contributed by atoms with Crippen LogP contribution < -0.4 is 10.1 Å². The Morgan fingerprint density at radius 1 is 1.20 bits per heavy atom. The van der Waals surface area contributed by atoms with E-state index in [4.69, 9.17) is 4.74 Å². The summed E-state index contributed by atoms with van der Waals surface area (Å²) < 4.78 is 20.6. The van der Waals surface area contributed by atoms with E-state index in [9.17, 15) is 9.18 Å². The highest BCUT2D eigenvalue weighted by Gasteiger charge is 2.06. The summed E-state index contributed by atoms with van der Waals surface area (Å²) in [5.41, 5.74) is 1.40. The van der Waals surface area contributed by atoms with E-state index in [-0.39, 0.29) is 18.3 Å². The molecule has 1 heterocycles. The third kappa shape index (κ3) is 4.91. The summed E-state index contributed by atoms with van der Waals surface area (Å²) in [4.78, 5) is 16.2. The molecule has 1 aromatic heterocycles. The number of carbonyl (C=O) groups is 1. The molecular weight excluding hydrogens is 321 g/mol. The predicted molar refractivity (Wildman–Crippen MR) is 91.7 cm³/mol. The Morgan fingerprint density at radius 2 is 2.08 bits per heavy atom. The lowest BCUT2D eigenvalue weighted by Gasteiger charge is -2.09. The molecule has 0 aliphatic rings. The summed E-state index contributed by atoms with van der Waals surface area (Å²) in [6.45, 7) is 1.44. The maximum absolute atomic E-state index is 13.1. The first-order valence-corrected chi connectivity index (χ1v) is 7.92. The van der Waals surface area contributed by atoms with E-state index in [2.05, 4.69) is 10.3 Å². The van der Waals surface area contributed by atoms with Crippen molar-refractivity contribution in [3.8, 4) is 5.75 Å². The highest BCUT2D eigenvalue weighted by atomic mass is 19.1. The van der Waals surface area contributed by atoms with Crippen molar-refractivity contribution in [3.63, 3.8) is 0 Å². The van der Waals surface area contributed by atoms with Crippen molar-refractivity contribution in [3.05, 3.63) is 84.2 Å². The molecule has 0 saturated carbocycles. The molecule has 0 atom stereocenters. The molecule has 3 rings (SSSR count). The molecule has 25 heavy (non-hydrogen) atoms. The van der Waals surface area contributed by atoms with Crippen LogP contribution in [0.1, 0.15) is 15.9 Å². The van der Waals surface area contributed by atoms with Crippen LogP contribution in [0.2, 0.25) is 0 Å². The predicted octanol–water partition coefficient (Wildman–Crippen LogP) is 3.03. The summed E-state index contributed by atoms with van der Waals surface area (Å²) in [7, 11) is 0. The molecule has 1 N–H and O–H groups in total. The topological polar surface area (TPSA) is 56.2 Å². The smallest absolute Gasteiger partial charge is 0.251 e. The van der Waals surface area contributed by atoms with Gasteiger partial charge in [0.05, 0.1) is 6.33 Å². The largest absolute Gasteiger partial charge is 0.489 e. The normalized spacial score (nSPS) is 10.4. The fourth-order valence-corrected chi connectivity index (χ4v) is 2.35. The van der Waals surface area contributed by atoms with Gasteiger partial charge in [-0.15, -0.1) is 0 Å². The first-order chi connectivity index (χ1) is 12.2. The SMILES string of the molecule is O=C(NCCn1ccnc1)c1cccc(COc2cccc(F)c2)c1. The third-order valence-electron chi connectivity index (χ3n) is 3.61. The molecule has 0 spiro atoms. The highest BCUT2D eigenvalue weighted by Crippen LogP contribution is 2.15. The van der Waals surface area contributed by atoms with Gasteiger partial charge in [-0.3, -0.25) is 4.79 Å². The average Bonchev–Trinajstić information content (AvgIpc) is 3.14. The van der Waals surface area contributed by atoms with Crippen molar-refractivity contribution >= 4 is 5.91 Å². The number of nitrogens with zero attached hydrogens (tertiary/aromatic N) is 2. The average molecular weight is 339 g/mol. The number of hydrogen-bond acceptors (Lipinski definition) is 3.